The maximum absolute atomic E-state index is 13.3. The van der Waals surface area contributed by atoms with Crippen LogP contribution < -0.4 is 10.9 Å². The standard InChI is InChI=1S/C17H12F2N2O3/c1-21-15(14(17(23)24-21)10-5-3-2-4-6-10)16(22)20-11-7-8-12(18)13(19)9-11/h2-9H,1H3,(H,20,22). The molecule has 5 nitrogen and oxygen atoms in total. The van der Waals surface area contributed by atoms with Gasteiger partial charge in [0.25, 0.3) is 5.91 Å². The number of amides is 1. The molecule has 3 aromatic rings. The minimum absolute atomic E-state index is 0.0177. The van der Waals surface area contributed by atoms with Crippen LogP contribution in [-0.4, -0.2) is 10.6 Å². The first-order valence-corrected chi connectivity index (χ1v) is 6.99. The van der Waals surface area contributed by atoms with Gasteiger partial charge in [0.2, 0.25) is 0 Å². The number of aromatic nitrogens is 1. The molecule has 0 atom stereocenters. The Morgan fingerprint density at radius 1 is 1.08 bits per heavy atom. The van der Waals surface area contributed by atoms with Crippen molar-refractivity contribution in [1.29, 1.82) is 0 Å². The molecule has 0 saturated carbocycles. The van der Waals surface area contributed by atoms with Gasteiger partial charge in [0.05, 0.1) is 0 Å². The van der Waals surface area contributed by atoms with Crippen LogP contribution in [0.5, 0.6) is 0 Å². The Morgan fingerprint density at radius 2 is 1.79 bits per heavy atom. The van der Waals surface area contributed by atoms with Crippen LogP contribution in [0.3, 0.4) is 0 Å². The van der Waals surface area contributed by atoms with E-state index >= 15 is 0 Å². The van der Waals surface area contributed by atoms with Crippen LogP contribution in [0, 0.1) is 11.6 Å². The average Bonchev–Trinajstić information content (AvgIpc) is 2.86. The highest BCUT2D eigenvalue weighted by atomic mass is 19.2. The molecule has 1 aromatic heterocycles. The highest BCUT2D eigenvalue weighted by molar-refractivity contribution is 6.07. The predicted octanol–water partition coefficient (Wildman–Crippen LogP) is 3.18. The molecule has 0 saturated heterocycles. The van der Waals surface area contributed by atoms with Crippen molar-refractivity contribution in [2.75, 3.05) is 5.32 Å². The number of hydrogen-bond acceptors (Lipinski definition) is 3. The van der Waals surface area contributed by atoms with Gasteiger partial charge in [-0.1, -0.05) is 30.3 Å². The number of rotatable bonds is 3. The summed E-state index contributed by atoms with van der Waals surface area (Å²) < 4.78 is 32.2. The van der Waals surface area contributed by atoms with Gasteiger partial charge in [0.15, 0.2) is 17.3 Å². The second-order valence-corrected chi connectivity index (χ2v) is 5.05. The van der Waals surface area contributed by atoms with Crippen LogP contribution in [0.2, 0.25) is 0 Å². The molecule has 2 aromatic carbocycles. The topological polar surface area (TPSA) is 64.2 Å². The van der Waals surface area contributed by atoms with E-state index in [0.717, 1.165) is 16.9 Å². The van der Waals surface area contributed by atoms with Crippen LogP contribution in [0.15, 0.2) is 57.8 Å². The summed E-state index contributed by atoms with van der Waals surface area (Å²) in [5.41, 5.74) is -0.0119. The lowest BCUT2D eigenvalue weighted by Crippen LogP contribution is -2.17. The van der Waals surface area contributed by atoms with E-state index in [0.29, 0.717) is 5.56 Å². The number of nitrogens with one attached hydrogen (secondary N) is 1. The lowest BCUT2D eigenvalue weighted by molar-refractivity contribution is 0.100. The molecular formula is C17H12F2N2O3. The molecule has 0 aliphatic heterocycles. The van der Waals surface area contributed by atoms with E-state index in [2.05, 4.69) is 5.32 Å². The summed E-state index contributed by atoms with van der Waals surface area (Å²) >= 11 is 0. The molecule has 3 rings (SSSR count). The SMILES string of the molecule is Cn1oc(=O)c(-c2ccccc2)c1C(=O)Nc1ccc(F)c(F)c1. The average molecular weight is 330 g/mol. The van der Waals surface area contributed by atoms with Crippen molar-refractivity contribution in [3.63, 3.8) is 0 Å². The fraction of sp³-hybridized carbons (Fsp3) is 0.0588. The first-order chi connectivity index (χ1) is 11.5. The zero-order chi connectivity index (χ0) is 17.3. The molecule has 122 valence electrons. The number of carbonyl (C=O) groups excluding carboxylic acids is 1. The monoisotopic (exact) mass is 330 g/mol. The minimum atomic E-state index is -1.09. The Morgan fingerprint density at radius 3 is 2.46 bits per heavy atom. The fourth-order valence-electron chi connectivity index (χ4n) is 2.35. The van der Waals surface area contributed by atoms with Crippen LogP contribution in [0.4, 0.5) is 14.5 Å². The van der Waals surface area contributed by atoms with Crippen molar-refractivity contribution in [2.24, 2.45) is 7.05 Å². The molecule has 1 heterocycles. The van der Waals surface area contributed by atoms with E-state index in [9.17, 15) is 18.4 Å². The maximum Gasteiger partial charge on any atom is 0.366 e. The summed E-state index contributed by atoms with van der Waals surface area (Å²) in [5.74, 6) is -2.78. The number of halogens is 2. The van der Waals surface area contributed by atoms with Crippen LogP contribution in [-0.2, 0) is 7.05 Å². The van der Waals surface area contributed by atoms with Gasteiger partial charge in [-0.25, -0.2) is 18.3 Å². The Bertz CT molecular complexity index is 962. The third-order valence-corrected chi connectivity index (χ3v) is 3.43. The van der Waals surface area contributed by atoms with E-state index in [1.54, 1.807) is 30.3 Å². The van der Waals surface area contributed by atoms with Gasteiger partial charge in [0.1, 0.15) is 5.56 Å². The van der Waals surface area contributed by atoms with Crippen molar-refractivity contribution in [3.05, 3.63) is 76.3 Å². The number of nitrogens with zero attached hydrogens (tertiary/aromatic N) is 1. The van der Waals surface area contributed by atoms with E-state index in [-0.39, 0.29) is 16.9 Å². The van der Waals surface area contributed by atoms with Gasteiger partial charge in [0, 0.05) is 18.8 Å². The minimum Gasteiger partial charge on any atom is -0.335 e. The van der Waals surface area contributed by atoms with Gasteiger partial charge in [-0.3, -0.25) is 4.79 Å². The molecule has 7 heteroatoms. The van der Waals surface area contributed by atoms with Crippen LogP contribution in [0.1, 0.15) is 10.5 Å². The molecule has 0 aliphatic rings. The third-order valence-electron chi connectivity index (χ3n) is 3.43. The fourth-order valence-corrected chi connectivity index (χ4v) is 2.35. The summed E-state index contributed by atoms with van der Waals surface area (Å²) in [4.78, 5) is 24.5. The van der Waals surface area contributed by atoms with E-state index in [4.69, 9.17) is 4.52 Å². The normalized spacial score (nSPS) is 10.6. The Hall–Kier alpha value is -3.22. The summed E-state index contributed by atoms with van der Waals surface area (Å²) in [6, 6.07) is 11.5. The van der Waals surface area contributed by atoms with Gasteiger partial charge < -0.3 is 9.84 Å². The van der Waals surface area contributed by atoms with Crippen molar-refractivity contribution in [1.82, 2.24) is 4.74 Å². The van der Waals surface area contributed by atoms with Crippen LogP contribution >= 0.6 is 0 Å². The molecule has 0 fully saturated rings. The number of carbonyl (C=O) groups is 1. The summed E-state index contributed by atoms with van der Waals surface area (Å²) in [6.45, 7) is 0. The second-order valence-electron chi connectivity index (χ2n) is 5.05. The van der Waals surface area contributed by atoms with E-state index in [1.165, 1.54) is 13.1 Å². The first kappa shape index (κ1) is 15.7. The molecule has 24 heavy (non-hydrogen) atoms. The van der Waals surface area contributed by atoms with Gasteiger partial charge in [-0.15, -0.1) is 0 Å². The highest BCUT2D eigenvalue weighted by Crippen LogP contribution is 2.22. The van der Waals surface area contributed by atoms with Crippen molar-refractivity contribution < 1.29 is 18.1 Å². The number of aryl methyl sites for hydroxylation is 1. The van der Waals surface area contributed by atoms with Gasteiger partial charge >= 0.3 is 5.63 Å². The van der Waals surface area contributed by atoms with Crippen molar-refractivity contribution in [2.45, 2.75) is 0 Å². The summed E-state index contributed by atoms with van der Waals surface area (Å²) in [6.07, 6.45) is 0. The van der Waals surface area contributed by atoms with Crippen molar-refractivity contribution >= 4 is 11.6 Å². The Kier molecular flexibility index (Phi) is 3.99. The van der Waals surface area contributed by atoms with E-state index < -0.39 is 23.2 Å². The Balaban J connectivity index is 2.01. The quantitative estimate of drug-likeness (QED) is 0.802. The lowest BCUT2D eigenvalue weighted by atomic mass is 10.1. The number of benzene rings is 2. The largest absolute Gasteiger partial charge is 0.366 e. The van der Waals surface area contributed by atoms with E-state index in [1.807, 2.05) is 0 Å². The number of hydrogen-bond donors (Lipinski definition) is 1. The molecule has 0 spiro atoms. The zero-order valence-electron chi connectivity index (χ0n) is 12.5. The first-order valence-electron chi connectivity index (χ1n) is 6.99. The summed E-state index contributed by atoms with van der Waals surface area (Å²) in [7, 11) is 1.41. The van der Waals surface area contributed by atoms with Crippen LogP contribution in [0.25, 0.3) is 11.1 Å². The molecule has 0 unspecified atom stereocenters. The summed E-state index contributed by atoms with van der Waals surface area (Å²) in [5, 5.41) is 2.43. The smallest absolute Gasteiger partial charge is 0.335 e. The van der Waals surface area contributed by atoms with Crippen molar-refractivity contribution in [3.8, 4) is 11.1 Å². The molecule has 1 amide bonds. The predicted molar refractivity (Wildman–Crippen MR) is 83.7 cm³/mol. The molecular weight excluding hydrogens is 318 g/mol. The molecule has 0 aliphatic carbocycles. The zero-order valence-corrected chi connectivity index (χ0v) is 12.5. The lowest BCUT2D eigenvalue weighted by Gasteiger charge is -2.07. The molecule has 0 radical (unpaired) electrons. The third kappa shape index (κ3) is 2.83. The van der Waals surface area contributed by atoms with Gasteiger partial charge in [-0.2, -0.15) is 0 Å². The second kappa shape index (κ2) is 6.11. The molecule has 0 bridgehead atoms. The highest BCUT2D eigenvalue weighted by Gasteiger charge is 2.23. The number of anilines is 1. The Labute approximate surface area is 135 Å². The molecule has 1 N–H and O–H groups in total. The maximum atomic E-state index is 13.3. The van der Waals surface area contributed by atoms with Gasteiger partial charge in [-0.05, 0) is 17.7 Å².